The zero-order valence-corrected chi connectivity index (χ0v) is 16.3. The molecule has 2 heterocycles. The van der Waals surface area contributed by atoms with E-state index < -0.39 is 33.5 Å². The molecule has 148 valence electrons. The molecule has 1 aromatic carbocycles. The Balaban J connectivity index is 1.99. The maximum atomic E-state index is 12.9. The van der Waals surface area contributed by atoms with E-state index >= 15 is 0 Å². The first-order valence-electron chi connectivity index (χ1n) is 8.43. The van der Waals surface area contributed by atoms with Crippen LogP contribution in [0.4, 0.5) is 4.79 Å². The monoisotopic (exact) mass is 404 g/mol. The molecule has 3 N–H and O–H groups in total. The van der Waals surface area contributed by atoms with Gasteiger partial charge in [-0.3, -0.25) is 15.1 Å². The Morgan fingerprint density at radius 3 is 2.54 bits per heavy atom. The minimum absolute atomic E-state index is 0.0683. The summed E-state index contributed by atoms with van der Waals surface area (Å²) in [5, 5.41) is 4.66. The summed E-state index contributed by atoms with van der Waals surface area (Å²) in [6.45, 7) is 3.15. The van der Waals surface area contributed by atoms with E-state index in [1.807, 2.05) is 0 Å². The van der Waals surface area contributed by atoms with Crippen LogP contribution in [0.3, 0.4) is 0 Å². The summed E-state index contributed by atoms with van der Waals surface area (Å²) < 4.78 is 33.6. The van der Waals surface area contributed by atoms with Crippen molar-refractivity contribution in [2.45, 2.75) is 30.3 Å². The normalized spacial score (nSPS) is 20.4. The molecule has 0 saturated carbocycles. The molecule has 9 nitrogen and oxygen atoms in total. The number of aromatic nitrogens is 1. The summed E-state index contributed by atoms with van der Waals surface area (Å²) in [5.74, 6) is -0.322. The number of nitrogens with one attached hydrogen (secondary N) is 3. The number of carbonyl (C=O) groups is 2. The first kappa shape index (κ1) is 19.8. The van der Waals surface area contributed by atoms with Crippen molar-refractivity contribution in [3.63, 3.8) is 0 Å². The molecule has 0 radical (unpaired) electrons. The summed E-state index contributed by atoms with van der Waals surface area (Å²) in [4.78, 5) is 28.0. The van der Waals surface area contributed by atoms with Crippen molar-refractivity contribution < 1.29 is 22.7 Å². The van der Waals surface area contributed by atoms with Crippen LogP contribution in [0, 0.1) is 0 Å². The van der Waals surface area contributed by atoms with Gasteiger partial charge in [-0.25, -0.2) is 17.9 Å². The minimum Gasteiger partial charge on any atom is -0.496 e. The molecule has 1 fully saturated rings. The van der Waals surface area contributed by atoms with Crippen LogP contribution < -0.4 is 20.1 Å². The number of sulfonamides is 1. The van der Waals surface area contributed by atoms with Gasteiger partial charge in [0.2, 0.25) is 10.0 Å². The number of carbonyl (C=O) groups excluding carboxylic acids is 2. The number of urea groups is 1. The predicted octanol–water partition coefficient (Wildman–Crippen LogP) is 1.18. The third-order valence-electron chi connectivity index (χ3n) is 4.53. The maximum Gasteiger partial charge on any atom is 0.322 e. The molecule has 28 heavy (non-hydrogen) atoms. The van der Waals surface area contributed by atoms with Crippen LogP contribution in [0.25, 0.3) is 0 Å². The van der Waals surface area contributed by atoms with Crippen molar-refractivity contribution in [2.75, 3.05) is 7.11 Å². The molecule has 3 rings (SSSR count). The Kier molecular flexibility index (Phi) is 5.09. The van der Waals surface area contributed by atoms with E-state index in [9.17, 15) is 18.0 Å². The lowest BCUT2D eigenvalue weighted by molar-refractivity contribution is -0.123. The Bertz CT molecular complexity index is 1030. The average molecular weight is 404 g/mol. The molecule has 10 heteroatoms. The Hall–Kier alpha value is -2.98. The second-order valence-electron chi connectivity index (χ2n) is 6.49. The Labute approximate surface area is 162 Å². The van der Waals surface area contributed by atoms with Gasteiger partial charge in [-0.2, -0.15) is 0 Å². The van der Waals surface area contributed by atoms with Crippen LogP contribution in [0.2, 0.25) is 0 Å². The molecule has 0 spiro atoms. The van der Waals surface area contributed by atoms with E-state index in [1.54, 1.807) is 31.3 Å². The van der Waals surface area contributed by atoms with Gasteiger partial charge in [0.1, 0.15) is 11.3 Å². The predicted molar refractivity (Wildman–Crippen MR) is 100.0 cm³/mol. The van der Waals surface area contributed by atoms with E-state index in [-0.39, 0.29) is 16.2 Å². The van der Waals surface area contributed by atoms with Crippen LogP contribution in [0.1, 0.15) is 31.1 Å². The lowest BCUT2D eigenvalue weighted by atomic mass is 9.91. The molecular formula is C18H20N4O5S. The molecule has 0 bridgehead atoms. The smallest absolute Gasteiger partial charge is 0.322 e. The summed E-state index contributed by atoms with van der Waals surface area (Å²) in [5.41, 5.74) is -0.665. The molecule has 1 aliphatic heterocycles. The zero-order valence-electron chi connectivity index (χ0n) is 15.5. The second-order valence-corrected chi connectivity index (χ2v) is 8.21. The first-order chi connectivity index (χ1) is 13.2. The average Bonchev–Trinajstić information content (AvgIpc) is 2.94. The standard InChI is InChI=1S/C18H20N4O5S/c1-11(14-6-4-5-9-19-14)22-28(25,26)12-7-8-15(27-3)13(10-12)18(2)16(23)20-17(24)21-18/h4-11,22H,1-3H3,(H2,20,21,23,24)/t11-,18+/m0/s1. The Morgan fingerprint density at radius 2 is 1.96 bits per heavy atom. The number of imide groups is 1. The Morgan fingerprint density at radius 1 is 1.21 bits per heavy atom. The van der Waals surface area contributed by atoms with Crippen molar-refractivity contribution in [1.82, 2.24) is 20.3 Å². The summed E-state index contributed by atoms with van der Waals surface area (Å²) in [6.07, 6.45) is 1.58. The van der Waals surface area contributed by atoms with Gasteiger partial charge in [-0.1, -0.05) is 6.07 Å². The highest BCUT2D eigenvalue weighted by Crippen LogP contribution is 2.34. The van der Waals surface area contributed by atoms with Crippen LogP contribution in [0.5, 0.6) is 5.75 Å². The quantitative estimate of drug-likeness (QED) is 0.621. The number of hydrogen-bond donors (Lipinski definition) is 3. The molecular weight excluding hydrogens is 384 g/mol. The first-order valence-corrected chi connectivity index (χ1v) is 9.91. The van der Waals surface area contributed by atoms with Crippen molar-refractivity contribution in [3.8, 4) is 5.75 Å². The van der Waals surface area contributed by atoms with Gasteiger partial charge in [0.25, 0.3) is 5.91 Å². The number of benzene rings is 1. The van der Waals surface area contributed by atoms with Crippen molar-refractivity contribution in [1.29, 1.82) is 0 Å². The molecule has 2 aromatic rings. The number of nitrogens with zero attached hydrogens (tertiary/aromatic N) is 1. The summed E-state index contributed by atoms with van der Waals surface area (Å²) >= 11 is 0. The molecule has 0 aliphatic carbocycles. The third-order valence-corrected chi connectivity index (χ3v) is 6.07. The van der Waals surface area contributed by atoms with E-state index in [2.05, 4.69) is 20.3 Å². The lowest BCUT2D eigenvalue weighted by Crippen LogP contribution is -2.41. The van der Waals surface area contributed by atoms with Crippen LogP contribution >= 0.6 is 0 Å². The van der Waals surface area contributed by atoms with Crippen molar-refractivity contribution >= 4 is 22.0 Å². The molecule has 1 aromatic heterocycles. The van der Waals surface area contributed by atoms with Crippen LogP contribution in [-0.2, 0) is 20.4 Å². The lowest BCUT2D eigenvalue weighted by Gasteiger charge is -2.24. The van der Waals surface area contributed by atoms with E-state index in [0.29, 0.717) is 5.69 Å². The second kappa shape index (κ2) is 7.21. The SMILES string of the molecule is COc1ccc(S(=O)(=O)N[C@@H](C)c2ccccn2)cc1[C@@]1(C)NC(=O)NC1=O. The van der Waals surface area contributed by atoms with Crippen molar-refractivity contribution in [3.05, 3.63) is 53.9 Å². The zero-order chi connectivity index (χ0) is 20.5. The van der Waals surface area contributed by atoms with Gasteiger partial charge in [-0.15, -0.1) is 0 Å². The van der Waals surface area contributed by atoms with Crippen molar-refractivity contribution in [2.24, 2.45) is 0 Å². The van der Waals surface area contributed by atoms with Gasteiger partial charge in [0.05, 0.1) is 23.7 Å². The van der Waals surface area contributed by atoms with Gasteiger partial charge < -0.3 is 10.1 Å². The molecule has 1 aliphatic rings. The number of pyridine rings is 1. The van der Waals surface area contributed by atoms with Crippen LogP contribution in [0.15, 0.2) is 47.5 Å². The molecule has 0 unspecified atom stereocenters. The summed E-state index contributed by atoms with van der Waals surface area (Å²) in [6, 6.07) is 8.12. The number of amides is 3. The van der Waals surface area contributed by atoms with Crippen LogP contribution in [-0.4, -0.2) is 32.4 Å². The molecule has 2 atom stereocenters. The van der Waals surface area contributed by atoms with E-state index in [0.717, 1.165) is 0 Å². The van der Waals surface area contributed by atoms with E-state index in [1.165, 1.54) is 32.2 Å². The highest BCUT2D eigenvalue weighted by Gasteiger charge is 2.45. The van der Waals surface area contributed by atoms with Gasteiger partial charge in [0.15, 0.2) is 0 Å². The van der Waals surface area contributed by atoms with E-state index in [4.69, 9.17) is 4.74 Å². The largest absolute Gasteiger partial charge is 0.496 e. The maximum absolute atomic E-state index is 12.9. The van der Waals surface area contributed by atoms with Gasteiger partial charge in [0, 0.05) is 11.8 Å². The fraction of sp³-hybridized carbons (Fsp3) is 0.278. The summed E-state index contributed by atoms with van der Waals surface area (Å²) in [7, 11) is -2.54. The fourth-order valence-electron chi connectivity index (χ4n) is 2.97. The third kappa shape index (κ3) is 3.56. The highest BCUT2D eigenvalue weighted by molar-refractivity contribution is 7.89. The number of ether oxygens (including phenoxy) is 1. The molecule has 3 amide bonds. The highest BCUT2D eigenvalue weighted by atomic mass is 32.2. The minimum atomic E-state index is -3.93. The fourth-order valence-corrected chi connectivity index (χ4v) is 4.21. The molecule has 1 saturated heterocycles. The van der Waals surface area contributed by atoms with Gasteiger partial charge in [-0.05, 0) is 44.2 Å². The number of rotatable bonds is 6. The number of methoxy groups -OCH3 is 1. The topological polar surface area (TPSA) is 126 Å². The van der Waals surface area contributed by atoms with Gasteiger partial charge >= 0.3 is 6.03 Å². The number of hydrogen-bond acceptors (Lipinski definition) is 6.